The Morgan fingerprint density at radius 2 is 1.28 bits per heavy atom. The molecule has 0 saturated heterocycles. The van der Waals surface area contributed by atoms with Gasteiger partial charge in [-0.2, -0.15) is 0 Å². The molecule has 0 radical (unpaired) electrons. The van der Waals surface area contributed by atoms with Gasteiger partial charge in [-0.3, -0.25) is 29.0 Å². The number of carbonyl (C=O) groups is 6. The van der Waals surface area contributed by atoms with E-state index in [2.05, 4.69) is 15.6 Å². The van der Waals surface area contributed by atoms with E-state index >= 15 is 0 Å². The van der Waals surface area contributed by atoms with Crippen molar-refractivity contribution in [3.8, 4) is 0 Å². The number of guanidine groups is 1. The highest BCUT2D eigenvalue weighted by atomic mass is 16.4. The van der Waals surface area contributed by atoms with Crippen LogP contribution >= 0.6 is 0 Å². The maximum absolute atomic E-state index is 13.0. The van der Waals surface area contributed by atoms with Crippen molar-refractivity contribution in [3.63, 3.8) is 0 Å². The van der Waals surface area contributed by atoms with E-state index < -0.39 is 72.6 Å². The standard InChI is InChI=1S/C23H33N7O9/c24-13(9-12-5-2-1-3-6-12)19(35)29-15(10-17(31)32)21(37)28-14(7-4-8-27-23(25)26)20(36)30-16(22(38)39)11-18(33)34/h1-3,5-6,13-16H,4,7-11,24H2,(H,28,37)(H,29,35)(H,30,36)(H,31,32)(H,33,34)(H,38,39)(H4,25,26,27). The number of aliphatic carboxylic acids is 3. The minimum Gasteiger partial charge on any atom is -0.481 e. The van der Waals surface area contributed by atoms with Crippen LogP contribution < -0.4 is 33.2 Å². The van der Waals surface area contributed by atoms with Crippen LogP contribution in [0.5, 0.6) is 0 Å². The first-order chi connectivity index (χ1) is 18.3. The summed E-state index contributed by atoms with van der Waals surface area (Å²) in [6.07, 6.45) is -1.72. The minimum atomic E-state index is -1.81. The zero-order valence-corrected chi connectivity index (χ0v) is 20.9. The zero-order valence-electron chi connectivity index (χ0n) is 20.9. The Hall–Kier alpha value is -4.73. The van der Waals surface area contributed by atoms with E-state index in [0.29, 0.717) is 0 Å². The normalized spacial score (nSPS) is 13.6. The molecule has 0 aliphatic heterocycles. The van der Waals surface area contributed by atoms with Gasteiger partial charge in [0.25, 0.3) is 0 Å². The highest BCUT2D eigenvalue weighted by Crippen LogP contribution is 2.06. The third-order valence-corrected chi connectivity index (χ3v) is 5.22. The summed E-state index contributed by atoms with van der Waals surface area (Å²) in [7, 11) is 0. The second-order valence-corrected chi connectivity index (χ2v) is 8.46. The maximum atomic E-state index is 13.0. The van der Waals surface area contributed by atoms with Crippen LogP contribution in [0.3, 0.4) is 0 Å². The summed E-state index contributed by atoms with van der Waals surface area (Å²) in [6, 6.07) is 2.69. The average Bonchev–Trinajstić information content (AvgIpc) is 2.84. The second kappa shape index (κ2) is 16.2. The molecule has 39 heavy (non-hydrogen) atoms. The van der Waals surface area contributed by atoms with Gasteiger partial charge in [0.05, 0.1) is 18.9 Å². The van der Waals surface area contributed by atoms with Gasteiger partial charge in [-0.05, 0) is 24.8 Å². The molecular formula is C23H33N7O9. The molecule has 0 spiro atoms. The van der Waals surface area contributed by atoms with Crippen molar-refractivity contribution in [2.75, 3.05) is 6.54 Å². The van der Waals surface area contributed by atoms with E-state index in [-0.39, 0.29) is 31.8 Å². The second-order valence-electron chi connectivity index (χ2n) is 8.46. The van der Waals surface area contributed by atoms with Crippen molar-refractivity contribution >= 4 is 41.6 Å². The SMILES string of the molecule is NC(N)=NCCCC(NC(=O)C(CC(=O)O)NC(=O)C(N)Cc1ccccc1)C(=O)NC(CC(=O)O)C(=O)O. The summed E-state index contributed by atoms with van der Waals surface area (Å²) in [4.78, 5) is 75.8. The van der Waals surface area contributed by atoms with Gasteiger partial charge in [-0.15, -0.1) is 0 Å². The number of nitrogens with one attached hydrogen (secondary N) is 3. The Morgan fingerprint density at radius 1 is 0.769 bits per heavy atom. The molecule has 12 N–H and O–H groups in total. The molecule has 0 aliphatic rings. The smallest absolute Gasteiger partial charge is 0.326 e. The molecule has 16 nitrogen and oxygen atoms in total. The van der Waals surface area contributed by atoms with Crippen molar-refractivity contribution in [3.05, 3.63) is 35.9 Å². The van der Waals surface area contributed by atoms with Gasteiger partial charge >= 0.3 is 17.9 Å². The monoisotopic (exact) mass is 551 g/mol. The van der Waals surface area contributed by atoms with E-state index in [1.54, 1.807) is 30.3 Å². The number of nitrogens with two attached hydrogens (primary N) is 3. The van der Waals surface area contributed by atoms with Gasteiger partial charge in [0, 0.05) is 6.54 Å². The Balaban J connectivity index is 3.04. The number of benzene rings is 1. The fraction of sp³-hybridized carbons (Fsp3) is 0.435. The van der Waals surface area contributed by atoms with Gasteiger partial charge in [-0.25, -0.2) is 4.79 Å². The lowest BCUT2D eigenvalue weighted by Crippen LogP contribution is -2.57. The summed E-state index contributed by atoms with van der Waals surface area (Å²) in [5.41, 5.74) is 17.1. The molecule has 4 atom stereocenters. The molecule has 0 aromatic heterocycles. The molecule has 0 heterocycles. The number of carbonyl (C=O) groups excluding carboxylic acids is 3. The Bertz CT molecular complexity index is 1060. The highest BCUT2D eigenvalue weighted by Gasteiger charge is 2.32. The number of hydrogen-bond acceptors (Lipinski definition) is 8. The van der Waals surface area contributed by atoms with Crippen molar-refractivity contribution in [1.82, 2.24) is 16.0 Å². The first kappa shape index (κ1) is 32.3. The largest absolute Gasteiger partial charge is 0.481 e. The van der Waals surface area contributed by atoms with Gasteiger partial charge in [0.1, 0.15) is 18.1 Å². The number of nitrogens with zero attached hydrogens (tertiary/aromatic N) is 1. The van der Waals surface area contributed by atoms with Crippen LogP contribution in [0.2, 0.25) is 0 Å². The molecule has 1 rings (SSSR count). The van der Waals surface area contributed by atoms with Gasteiger partial charge < -0.3 is 48.5 Å². The maximum Gasteiger partial charge on any atom is 0.326 e. The van der Waals surface area contributed by atoms with Gasteiger partial charge in [-0.1, -0.05) is 30.3 Å². The summed E-state index contributed by atoms with van der Waals surface area (Å²) in [6.45, 7) is 0.0309. The van der Waals surface area contributed by atoms with Gasteiger partial charge in [0.2, 0.25) is 17.7 Å². The summed E-state index contributed by atoms with van der Waals surface area (Å²) < 4.78 is 0. The zero-order chi connectivity index (χ0) is 29.5. The van der Waals surface area contributed by atoms with Crippen LogP contribution in [0, 0.1) is 0 Å². The third-order valence-electron chi connectivity index (χ3n) is 5.22. The van der Waals surface area contributed by atoms with Crippen LogP contribution in [0.25, 0.3) is 0 Å². The lowest BCUT2D eigenvalue weighted by Gasteiger charge is -2.24. The molecule has 1 aromatic carbocycles. The molecule has 214 valence electrons. The number of carboxylic acid groups (broad SMARTS) is 3. The van der Waals surface area contributed by atoms with E-state index in [0.717, 1.165) is 5.56 Å². The number of carboxylic acids is 3. The Labute approximate surface area is 223 Å². The van der Waals surface area contributed by atoms with Crippen molar-refractivity contribution in [2.45, 2.75) is 56.3 Å². The van der Waals surface area contributed by atoms with Crippen LogP contribution in [0.15, 0.2) is 35.3 Å². The lowest BCUT2D eigenvalue weighted by molar-refractivity contribution is -0.147. The summed E-state index contributed by atoms with van der Waals surface area (Å²) in [5.74, 6) is -7.72. The minimum absolute atomic E-state index is 0.0309. The Kier molecular flexibility index (Phi) is 13.4. The molecule has 0 fully saturated rings. The van der Waals surface area contributed by atoms with Crippen molar-refractivity contribution in [1.29, 1.82) is 0 Å². The van der Waals surface area contributed by atoms with E-state index in [1.807, 2.05) is 5.32 Å². The molecular weight excluding hydrogens is 518 g/mol. The average molecular weight is 552 g/mol. The third kappa shape index (κ3) is 12.9. The van der Waals surface area contributed by atoms with Crippen LogP contribution in [-0.2, 0) is 35.2 Å². The van der Waals surface area contributed by atoms with E-state index in [9.17, 15) is 39.0 Å². The predicted molar refractivity (Wildman–Crippen MR) is 136 cm³/mol. The van der Waals surface area contributed by atoms with Crippen LogP contribution in [0.1, 0.15) is 31.2 Å². The van der Waals surface area contributed by atoms with Gasteiger partial charge in [0.15, 0.2) is 5.96 Å². The fourth-order valence-corrected chi connectivity index (χ4v) is 3.32. The lowest BCUT2D eigenvalue weighted by atomic mass is 10.0. The molecule has 0 saturated carbocycles. The summed E-state index contributed by atoms with van der Waals surface area (Å²) in [5, 5.41) is 33.9. The molecule has 4 unspecified atom stereocenters. The van der Waals surface area contributed by atoms with E-state index in [1.165, 1.54) is 0 Å². The molecule has 0 aliphatic carbocycles. The van der Waals surface area contributed by atoms with E-state index in [4.69, 9.17) is 22.3 Å². The topological polar surface area (TPSA) is 290 Å². The highest BCUT2D eigenvalue weighted by molar-refractivity contribution is 5.96. The fourth-order valence-electron chi connectivity index (χ4n) is 3.32. The molecule has 3 amide bonds. The first-order valence-electron chi connectivity index (χ1n) is 11.7. The molecule has 1 aromatic rings. The quantitative estimate of drug-likeness (QED) is 0.0535. The van der Waals surface area contributed by atoms with Crippen LogP contribution in [0.4, 0.5) is 0 Å². The van der Waals surface area contributed by atoms with Crippen molar-refractivity contribution < 1.29 is 44.1 Å². The number of rotatable bonds is 17. The first-order valence-corrected chi connectivity index (χ1v) is 11.7. The number of amides is 3. The number of aliphatic imine (C=N–C) groups is 1. The van der Waals surface area contributed by atoms with Crippen molar-refractivity contribution in [2.24, 2.45) is 22.2 Å². The molecule has 16 heteroatoms. The summed E-state index contributed by atoms with van der Waals surface area (Å²) >= 11 is 0. The predicted octanol–water partition coefficient (Wildman–Crippen LogP) is -2.90. The Morgan fingerprint density at radius 3 is 1.82 bits per heavy atom. The molecule has 0 bridgehead atoms. The number of hydrogen-bond donors (Lipinski definition) is 9. The van der Waals surface area contributed by atoms with Crippen LogP contribution in [-0.4, -0.2) is 87.6 Å².